The van der Waals surface area contributed by atoms with Crippen LogP contribution in [0.5, 0.6) is 0 Å². The molecule has 5 saturated heterocycles. The van der Waals surface area contributed by atoms with Crippen molar-refractivity contribution in [2.24, 2.45) is 17.2 Å². The summed E-state index contributed by atoms with van der Waals surface area (Å²) in [6, 6.07) is 43.7. The summed E-state index contributed by atoms with van der Waals surface area (Å²) in [5.41, 5.74) is 69.4. The van der Waals surface area contributed by atoms with E-state index in [0.29, 0.717) is 76.7 Å². The maximum atomic E-state index is 6.02. The number of fused-ring (bicyclic) bond motifs is 7. The van der Waals surface area contributed by atoms with Gasteiger partial charge in [-0.05, 0) is 205 Å². The van der Waals surface area contributed by atoms with Crippen LogP contribution in [0.4, 0.5) is 81.5 Å². The minimum Gasteiger partial charge on any atom is -0.383 e. The number of nitrogens with two attached hydrogens (primary N) is 10. The van der Waals surface area contributed by atoms with Crippen molar-refractivity contribution in [1.82, 2.24) is 113 Å². The van der Waals surface area contributed by atoms with Gasteiger partial charge >= 0.3 is 0 Å². The van der Waals surface area contributed by atoms with Crippen molar-refractivity contribution in [3.63, 3.8) is 0 Å². The third-order valence-electron chi connectivity index (χ3n) is 22.6. The number of aromatic nitrogens is 21. The first-order valence-electron chi connectivity index (χ1n) is 43.1. The molecular weight excluding hydrogens is 2150 g/mol. The molecule has 5 fully saturated rings. The highest BCUT2D eigenvalue weighted by atomic mass is 79.9. The Morgan fingerprint density at radius 1 is 0.316 bits per heavy atom. The average Bonchev–Trinajstić information content (AvgIpc) is 1.73. The summed E-state index contributed by atoms with van der Waals surface area (Å²) in [6.07, 6.45) is 21.7. The topological polar surface area (TPSA) is 553 Å². The Labute approximate surface area is 822 Å². The summed E-state index contributed by atoms with van der Waals surface area (Å²) in [5.74, 6) is 9.68. The third kappa shape index (κ3) is 23.4. The molecule has 26 N–H and O–H groups in total. The van der Waals surface area contributed by atoms with Crippen molar-refractivity contribution in [1.29, 1.82) is 0 Å². The smallest absolute Gasteiger partial charge is 0.173 e. The van der Waals surface area contributed by atoms with E-state index in [1.54, 1.807) is 99.3 Å². The van der Waals surface area contributed by atoms with E-state index in [1.165, 1.54) is 47.9 Å². The van der Waals surface area contributed by atoms with Crippen LogP contribution in [-0.4, -0.2) is 204 Å². The van der Waals surface area contributed by atoms with Crippen LogP contribution in [0.1, 0.15) is 62.5 Å². The van der Waals surface area contributed by atoms with Gasteiger partial charge in [-0.1, -0.05) is 84.9 Å². The van der Waals surface area contributed by atoms with Gasteiger partial charge in [0.1, 0.15) is 81.5 Å². The van der Waals surface area contributed by atoms with Gasteiger partial charge in [-0.15, -0.1) is 0 Å². The molecule has 133 heavy (non-hydrogen) atoms. The van der Waals surface area contributed by atoms with E-state index in [1.807, 2.05) is 54.6 Å². The van der Waals surface area contributed by atoms with Crippen LogP contribution >= 0.6 is 112 Å². The Morgan fingerprint density at radius 2 is 0.617 bits per heavy atom. The largest absolute Gasteiger partial charge is 0.383 e. The summed E-state index contributed by atoms with van der Waals surface area (Å²) < 4.78 is 17.2. The van der Waals surface area contributed by atoms with E-state index in [9.17, 15) is 0 Å². The number of hydrogen-bond donors (Lipinski definition) is 16. The van der Waals surface area contributed by atoms with E-state index >= 15 is 0 Å². The van der Waals surface area contributed by atoms with Crippen LogP contribution in [-0.2, 0) is 13.0 Å². The van der Waals surface area contributed by atoms with Crippen LogP contribution in [0.2, 0.25) is 0 Å². The van der Waals surface area contributed by atoms with Crippen LogP contribution < -0.4 is 104 Å². The van der Waals surface area contributed by atoms with Gasteiger partial charge < -0.3 is 104 Å². The lowest BCUT2D eigenvalue weighted by molar-refractivity contribution is 0.499. The maximum absolute atomic E-state index is 6.02. The molecule has 0 unspecified atom stereocenters. The van der Waals surface area contributed by atoms with E-state index in [2.05, 4.69) is 277 Å². The quantitative estimate of drug-likeness (QED) is 0.0402. The van der Waals surface area contributed by atoms with E-state index in [4.69, 9.17) is 57.3 Å². The van der Waals surface area contributed by atoms with Crippen LogP contribution in [0.25, 0.3) is 50.7 Å². The molecule has 5 aliphatic heterocycles. The Morgan fingerprint density at radius 3 is 0.955 bits per heavy atom. The SMILES string of the molecule is Nc1cc(N2CCC(N)CC2)nc2c(Br)cnn12.Nc1cc(N2CC[C@@H](N)C2)nc2c(Br)cnn12.Nc1cc(N2CC[C@H](N)C2)nc2c(Br)cnn12.Nc1cc(NCCc2ccccc2)nc2c(Br)cnn12.Nc1cc(NC[C@@H]2CCCN2)nc2c(Br)cnn12.Nc1cc(NC[C@H]2CCCN2)nc2c(Br)cnn12.Nc1cc(NCc2ccc(-c3ccccc3)cc2)nc2c(Br)cnn12. The summed E-state index contributed by atoms with van der Waals surface area (Å²) in [6.45, 7) is 10.8. The number of hydrogen-bond acceptors (Lipinski definition) is 33. The molecule has 694 valence electrons. The number of nitrogens with one attached hydrogen (secondary N) is 6. The average molecular weight is 2250 g/mol. The summed E-state index contributed by atoms with van der Waals surface area (Å²) in [4.78, 5) is 38.3. The monoisotopic (exact) mass is 2250 g/mol. The minimum absolute atomic E-state index is 0.225. The van der Waals surface area contributed by atoms with Gasteiger partial charge in [0.25, 0.3) is 0 Å². The molecule has 0 spiro atoms. The van der Waals surface area contributed by atoms with E-state index in [-0.39, 0.29) is 12.1 Å². The first kappa shape index (κ1) is 94.6. The Balaban J connectivity index is 0.000000113. The number of nitrogens with zero attached hydrogens (tertiary/aromatic N) is 24. The zero-order valence-corrected chi connectivity index (χ0v) is 83.2. The van der Waals surface area contributed by atoms with Crippen LogP contribution in [0.15, 0.2) is 202 Å². The third-order valence-corrected chi connectivity index (χ3v) is 26.5. The van der Waals surface area contributed by atoms with Gasteiger partial charge in [0.05, 0.1) is 74.7 Å². The molecule has 0 amide bonds. The normalized spacial score (nSPS) is 16.5. The first-order chi connectivity index (χ1) is 64.4. The Hall–Kier alpha value is -11.6. The second kappa shape index (κ2) is 43.6. The van der Waals surface area contributed by atoms with Crippen LogP contribution in [0.3, 0.4) is 0 Å². The molecule has 47 heteroatoms. The zero-order valence-electron chi connectivity index (χ0n) is 72.1. The molecule has 22 rings (SSSR count). The molecule has 0 saturated carbocycles. The lowest BCUT2D eigenvalue weighted by Gasteiger charge is -2.31. The first-order valence-corrected chi connectivity index (χ1v) is 48.6. The fraction of sp³-hybridized carbons (Fsp3) is 0.302. The number of anilines is 14. The van der Waals surface area contributed by atoms with Gasteiger partial charge in [0.2, 0.25) is 0 Å². The molecular formula is C86H101Br7N40. The predicted octanol–water partition coefficient (Wildman–Crippen LogP) is 11.8. The fourth-order valence-electron chi connectivity index (χ4n) is 15.6. The molecule has 17 aromatic rings. The van der Waals surface area contributed by atoms with Crippen molar-refractivity contribution < 1.29 is 0 Å². The highest BCUT2D eigenvalue weighted by molar-refractivity contribution is 9.11. The number of nitrogen functional groups attached to an aromatic ring is 7. The lowest BCUT2D eigenvalue weighted by Crippen LogP contribution is -2.40. The second-order valence-corrected chi connectivity index (χ2v) is 38.2. The van der Waals surface area contributed by atoms with Gasteiger partial charge in [0, 0.05) is 138 Å². The number of halogens is 7. The predicted molar refractivity (Wildman–Crippen MR) is 552 cm³/mol. The molecule has 40 nitrogen and oxygen atoms in total. The molecule has 3 aromatic carbocycles. The fourth-order valence-corrected chi connectivity index (χ4v) is 18.0. The van der Waals surface area contributed by atoms with Crippen molar-refractivity contribution in [2.45, 2.75) is 94.5 Å². The number of benzene rings is 3. The van der Waals surface area contributed by atoms with E-state index < -0.39 is 0 Å². The highest BCUT2D eigenvalue weighted by Crippen LogP contribution is 2.32. The summed E-state index contributed by atoms with van der Waals surface area (Å²) >= 11 is 23.9. The molecule has 19 heterocycles. The molecule has 0 radical (unpaired) electrons. The molecule has 5 aliphatic rings. The summed E-state index contributed by atoms with van der Waals surface area (Å²) in [7, 11) is 0. The second-order valence-electron chi connectivity index (χ2n) is 32.2. The van der Waals surface area contributed by atoms with Crippen molar-refractivity contribution in [3.8, 4) is 11.1 Å². The highest BCUT2D eigenvalue weighted by Gasteiger charge is 2.26. The maximum Gasteiger partial charge on any atom is 0.173 e. The lowest BCUT2D eigenvalue weighted by atomic mass is 10.0. The van der Waals surface area contributed by atoms with Crippen molar-refractivity contribution >= 4 is 232 Å². The zero-order chi connectivity index (χ0) is 92.9. The Kier molecular flexibility index (Phi) is 31.0. The molecule has 0 aliphatic carbocycles. The molecule has 14 aromatic heterocycles. The van der Waals surface area contributed by atoms with Gasteiger partial charge in [-0.2, -0.15) is 67.3 Å². The van der Waals surface area contributed by atoms with Crippen LogP contribution in [0, 0.1) is 0 Å². The summed E-state index contributed by atoms with van der Waals surface area (Å²) in [5, 5.41) is 49.2. The van der Waals surface area contributed by atoms with Gasteiger partial charge in [-0.25, -0.2) is 34.9 Å². The van der Waals surface area contributed by atoms with Crippen molar-refractivity contribution in [2.75, 3.05) is 148 Å². The van der Waals surface area contributed by atoms with Gasteiger partial charge in [-0.3, -0.25) is 0 Å². The van der Waals surface area contributed by atoms with E-state index in [0.717, 1.165) is 204 Å². The standard InChI is InChI=1S/C19H16BrN5.C14H14BrN5.3C11H15BrN6.2C10H13BrN6/c20-16-12-23-25-17(21)10-18(24-19(16)25)22-11-13-6-8-15(9-7-13)14-4-2-1-3-5-14;15-11-9-18-20-12(16)8-13(19-14(11)20)17-7-6-10-4-2-1-3-5-10;12-8-6-15-18-9(14)5-10(16-11(8)18)17-3-1-7(13)2-4-17;2*12-8-6-16-18-9(13)4-10(17-11(8)18)15-5-7-2-1-3-14-7;2*11-7-4-14-17-8(13)3-9(15-10(7)17)16-2-1-6(12)5-16/h1-10,12H,11,21H2,(H,22,24);1-5,8-9H,6-7,16H2,(H,17,19);5-7H,1-4,13-14H2;2*4,6-7,14H,1-3,5,13H2,(H,15,17);2*3-4,6H,1-2,5,12-13H2/t;;;2*7-;2*6-/m...1010/s1. The van der Waals surface area contributed by atoms with Crippen molar-refractivity contribution in [3.05, 3.63) is 213 Å². The number of piperidine rings is 1. The number of rotatable bonds is 17. The molecule has 4 atom stereocenters. The minimum atomic E-state index is 0.225. The molecule has 0 bridgehead atoms. The Bertz CT molecular complexity index is 6600. The van der Waals surface area contributed by atoms with Gasteiger partial charge in [0.15, 0.2) is 39.5 Å².